The number of rotatable bonds is 6. The van der Waals surface area contributed by atoms with Gasteiger partial charge in [-0.1, -0.05) is 0 Å². The van der Waals surface area contributed by atoms with Crippen molar-refractivity contribution in [1.82, 2.24) is 15.3 Å². The third-order valence-electron chi connectivity index (χ3n) is 3.01. The molecule has 0 spiro atoms. The molecule has 1 aliphatic rings. The van der Waals surface area contributed by atoms with Gasteiger partial charge >= 0.3 is 0 Å². The summed E-state index contributed by atoms with van der Waals surface area (Å²) in [4.78, 5) is 8.20. The lowest BCUT2D eigenvalue weighted by atomic mass is 10.1. The predicted octanol–water partition coefficient (Wildman–Crippen LogP) is 1.34. The van der Waals surface area contributed by atoms with Gasteiger partial charge in [-0.3, -0.25) is 0 Å². The summed E-state index contributed by atoms with van der Waals surface area (Å²) >= 11 is 2.03. The average Bonchev–Trinajstić information content (AvgIpc) is 2.92. The second-order valence-corrected chi connectivity index (χ2v) is 5.38. The molecule has 0 bridgehead atoms. The second kappa shape index (κ2) is 6.80. The average molecular weight is 269 g/mol. The van der Waals surface area contributed by atoms with Gasteiger partial charge in [0.05, 0.1) is 19.8 Å². The Bertz CT molecular complexity index is 361. The van der Waals surface area contributed by atoms with Crippen LogP contribution in [-0.2, 0) is 6.54 Å². The maximum absolute atomic E-state index is 5.24. The molecule has 1 unspecified atom stereocenters. The highest BCUT2D eigenvalue weighted by molar-refractivity contribution is 7.99. The van der Waals surface area contributed by atoms with Crippen molar-refractivity contribution in [3.8, 4) is 11.8 Å². The first-order chi connectivity index (χ1) is 8.85. The van der Waals surface area contributed by atoms with E-state index in [1.165, 1.54) is 24.3 Å². The number of nitrogens with zero attached hydrogens (tertiary/aromatic N) is 2. The van der Waals surface area contributed by atoms with Crippen LogP contribution in [0.4, 0.5) is 0 Å². The summed E-state index contributed by atoms with van der Waals surface area (Å²) in [5.74, 6) is 4.47. The SMILES string of the molecule is COc1ncnc(OC)c1CNCC1CCSC1. The molecule has 100 valence electrons. The largest absolute Gasteiger partial charge is 0.481 e. The fourth-order valence-electron chi connectivity index (χ4n) is 2.03. The van der Waals surface area contributed by atoms with Crippen molar-refractivity contribution < 1.29 is 9.47 Å². The highest BCUT2D eigenvalue weighted by Crippen LogP contribution is 2.25. The van der Waals surface area contributed by atoms with Gasteiger partial charge in [0.25, 0.3) is 0 Å². The molecule has 0 aromatic carbocycles. The quantitative estimate of drug-likeness (QED) is 0.841. The molecule has 1 fully saturated rings. The van der Waals surface area contributed by atoms with Gasteiger partial charge < -0.3 is 14.8 Å². The van der Waals surface area contributed by atoms with E-state index in [1.807, 2.05) is 11.8 Å². The maximum atomic E-state index is 5.24. The zero-order valence-electron chi connectivity index (χ0n) is 10.8. The Kier molecular flexibility index (Phi) is 5.07. The Morgan fingerprint density at radius 2 is 2.06 bits per heavy atom. The standard InChI is InChI=1S/C12H19N3O2S/c1-16-11-10(12(17-2)15-8-14-11)6-13-5-9-3-4-18-7-9/h8-9,13H,3-7H2,1-2H3. The first-order valence-corrected chi connectivity index (χ1v) is 7.21. The van der Waals surface area contributed by atoms with Crippen LogP contribution >= 0.6 is 11.8 Å². The highest BCUT2D eigenvalue weighted by Gasteiger charge is 2.16. The van der Waals surface area contributed by atoms with Crippen LogP contribution in [-0.4, -0.2) is 42.2 Å². The fourth-order valence-corrected chi connectivity index (χ4v) is 3.31. The van der Waals surface area contributed by atoms with E-state index in [1.54, 1.807) is 14.2 Å². The molecule has 1 aromatic heterocycles. The van der Waals surface area contributed by atoms with Crippen molar-refractivity contribution in [2.45, 2.75) is 13.0 Å². The number of aromatic nitrogens is 2. The van der Waals surface area contributed by atoms with E-state index in [9.17, 15) is 0 Å². The minimum Gasteiger partial charge on any atom is -0.481 e. The van der Waals surface area contributed by atoms with Crippen molar-refractivity contribution in [2.75, 3.05) is 32.3 Å². The van der Waals surface area contributed by atoms with E-state index in [0.717, 1.165) is 18.0 Å². The van der Waals surface area contributed by atoms with Gasteiger partial charge in [-0.05, 0) is 30.4 Å². The Labute approximate surface area is 112 Å². The normalized spacial score (nSPS) is 18.9. The third kappa shape index (κ3) is 3.26. The zero-order valence-corrected chi connectivity index (χ0v) is 11.6. The number of methoxy groups -OCH3 is 2. The molecule has 18 heavy (non-hydrogen) atoms. The summed E-state index contributed by atoms with van der Waals surface area (Å²) in [6.07, 6.45) is 2.76. The number of hydrogen-bond donors (Lipinski definition) is 1. The van der Waals surface area contributed by atoms with E-state index in [-0.39, 0.29) is 0 Å². The van der Waals surface area contributed by atoms with Gasteiger partial charge in [0, 0.05) is 6.54 Å². The monoisotopic (exact) mass is 269 g/mol. The third-order valence-corrected chi connectivity index (χ3v) is 4.24. The lowest BCUT2D eigenvalue weighted by Crippen LogP contribution is -2.23. The first kappa shape index (κ1) is 13.4. The highest BCUT2D eigenvalue weighted by atomic mass is 32.2. The molecule has 6 heteroatoms. The first-order valence-electron chi connectivity index (χ1n) is 6.05. The molecule has 0 radical (unpaired) electrons. The minimum absolute atomic E-state index is 0.579. The molecule has 5 nitrogen and oxygen atoms in total. The van der Waals surface area contributed by atoms with Crippen LogP contribution in [0, 0.1) is 5.92 Å². The Morgan fingerprint density at radius 3 is 2.61 bits per heavy atom. The van der Waals surface area contributed by atoms with E-state index in [4.69, 9.17) is 9.47 Å². The van der Waals surface area contributed by atoms with Crippen molar-refractivity contribution in [3.63, 3.8) is 0 Å². The molecule has 0 saturated carbocycles. The second-order valence-electron chi connectivity index (χ2n) is 4.23. The molecule has 2 heterocycles. The molecule has 1 aliphatic heterocycles. The molecular formula is C12H19N3O2S. The molecule has 0 aliphatic carbocycles. The van der Waals surface area contributed by atoms with E-state index in [0.29, 0.717) is 18.3 Å². The van der Waals surface area contributed by atoms with Crippen molar-refractivity contribution in [2.24, 2.45) is 5.92 Å². The maximum Gasteiger partial charge on any atom is 0.224 e. The summed E-state index contributed by atoms with van der Waals surface area (Å²) in [5, 5.41) is 3.44. The fraction of sp³-hybridized carbons (Fsp3) is 0.667. The van der Waals surface area contributed by atoms with E-state index in [2.05, 4.69) is 15.3 Å². The van der Waals surface area contributed by atoms with Gasteiger partial charge in [0.15, 0.2) is 0 Å². The molecule has 1 aromatic rings. The number of nitrogens with one attached hydrogen (secondary N) is 1. The minimum atomic E-state index is 0.579. The summed E-state index contributed by atoms with van der Waals surface area (Å²) in [6, 6.07) is 0. The van der Waals surface area contributed by atoms with Crippen molar-refractivity contribution in [3.05, 3.63) is 11.9 Å². The lowest BCUT2D eigenvalue weighted by molar-refractivity contribution is 0.358. The Morgan fingerprint density at radius 1 is 1.33 bits per heavy atom. The Balaban J connectivity index is 1.94. The molecule has 1 N–H and O–H groups in total. The Hall–Kier alpha value is -1.01. The van der Waals surface area contributed by atoms with Crippen molar-refractivity contribution in [1.29, 1.82) is 0 Å². The predicted molar refractivity (Wildman–Crippen MR) is 72.3 cm³/mol. The van der Waals surface area contributed by atoms with Crippen LogP contribution in [0.3, 0.4) is 0 Å². The molecular weight excluding hydrogens is 250 g/mol. The smallest absolute Gasteiger partial charge is 0.224 e. The van der Waals surface area contributed by atoms with Crippen LogP contribution in [0.15, 0.2) is 6.33 Å². The summed E-state index contributed by atoms with van der Waals surface area (Å²) in [5.41, 5.74) is 0.883. The zero-order chi connectivity index (χ0) is 12.8. The van der Waals surface area contributed by atoms with Crippen LogP contribution < -0.4 is 14.8 Å². The van der Waals surface area contributed by atoms with Gasteiger partial charge in [0.1, 0.15) is 6.33 Å². The topological polar surface area (TPSA) is 56.3 Å². The molecule has 2 rings (SSSR count). The number of hydrogen-bond acceptors (Lipinski definition) is 6. The van der Waals surface area contributed by atoms with E-state index >= 15 is 0 Å². The summed E-state index contributed by atoms with van der Waals surface area (Å²) in [7, 11) is 3.22. The van der Waals surface area contributed by atoms with E-state index < -0.39 is 0 Å². The van der Waals surface area contributed by atoms with Crippen molar-refractivity contribution >= 4 is 11.8 Å². The van der Waals surface area contributed by atoms with Crippen LogP contribution in [0.25, 0.3) is 0 Å². The van der Waals surface area contributed by atoms with Gasteiger partial charge in [-0.25, -0.2) is 9.97 Å². The molecule has 0 amide bonds. The lowest BCUT2D eigenvalue weighted by Gasteiger charge is -2.13. The molecule has 1 saturated heterocycles. The van der Waals surface area contributed by atoms with Crippen LogP contribution in [0.5, 0.6) is 11.8 Å². The van der Waals surface area contributed by atoms with Gasteiger partial charge in [0.2, 0.25) is 11.8 Å². The number of ether oxygens (including phenoxy) is 2. The van der Waals surface area contributed by atoms with Gasteiger partial charge in [-0.15, -0.1) is 0 Å². The van der Waals surface area contributed by atoms with Gasteiger partial charge in [-0.2, -0.15) is 11.8 Å². The summed E-state index contributed by atoms with van der Waals surface area (Å²) in [6.45, 7) is 1.70. The number of thioether (sulfide) groups is 1. The molecule has 1 atom stereocenters. The summed E-state index contributed by atoms with van der Waals surface area (Å²) < 4.78 is 10.5. The van der Waals surface area contributed by atoms with Crippen LogP contribution in [0.2, 0.25) is 0 Å². The van der Waals surface area contributed by atoms with Crippen LogP contribution in [0.1, 0.15) is 12.0 Å².